The lowest BCUT2D eigenvalue weighted by Crippen LogP contribution is -2.32. The van der Waals surface area contributed by atoms with Gasteiger partial charge in [-0.05, 0) is 86.4 Å². The molecule has 0 saturated carbocycles. The van der Waals surface area contributed by atoms with Crippen LogP contribution in [0, 0.1) is 5.82 Å². The van der Waals surface area contributed by atoms with Crippen molar-refractivity contribution < 1.29 is 29.0 Å². The topological polar surface area (TPSA) is 123 Å². The summed E-state index contributed by atoms with van der Waals surface area (Å²) in [6.45, 7) is 5.59. The molecule has 1 amide bonds. The van der Waals surface area contributed by atoms with Crippen molar-refractivity contribution in [3.63, 3.8) is 0 Å². The van der Waals surface area contributed by atoms with Gasteiger partial charge in [-0.25, -0.2) is 14.0 Å². The zero-order chi connectivity index (χ0) is 25.4. The molecular weight excluding hydrogens is 453 g/mol. The molecule has 0 bridgehead atoms. The standard InChI is InChI=1S/C22H24FN3O.C4H4O4/c1-2-26-11-9-15(10-12-26)20-14-24-21-8-7-18(13-19(20)21)25-22(27)16-3-5-17(23)6-4-16;5-3(6)1-2-4(7)8/h3-8,13-15,24H,2,9-12H2,1H3,(H,25,27);1-2H,(H,5,6)(H,7,8)/b;2-1+. The zero-order valence-corrected chi connectivity index (χ0v) is 19.3. The minimum Gasteiger partial charge on any atom is -0.478 e. The van der Waals surface area contributed by atoms with E-state index in [1.807, 2.05) is 18.2 Å². The van der Waals surface area contributed by atoms with Gasteiger partial charge in [-0.2, -0.15) is 0 Å². The smallest absolute Gasteiger partial charge is 0.328 e. The van der Waals surface area contributed by atoms with Crippen LogP contribution in [-0.4, -0.2) is 57.6 Å². The third-order valence-corrected chi connectivity index (χ3v) is 5.92. The lowest BCUT2D eigenvalue weighted by molar-refractivity contribution is -0.134. The highest BCUT2D eigenvalue weighted by Crippen LogP contribution is 2.34. The number of anilines is 1. The first-order chi connectivity index (χ1) is 16.8. The van der Waals surface area contributed by atoms with Crippen molar-refractivity contribution in [1.29, 1.82) is 0 Å². The molecule has 0 unspecified atom stereocenters. The molecule has 9 heteroatoms. The molecule has 1 aromatic heterocycles. The molecule has 8 nitrogen and oxygen atoms in total. The molecule has 1 saturated heterocycles. The Hall–Kier alpha value is -3.98. The number of piperidine rings is 1. The van der Waals surface area contributed by atoms with E-state index in [0.29, 0.717) is 23.6 Å². The first-order valence-corrected chi connectivity index (χ1v) is 11.3. The van der Waals surface area contributed by atoms with Gasteiger partial charge in [-0.15, -0.1) is 0 Å². The monoisotopic (exact) mass is 481 g/mol. The summed E-state index contributed by atoms with van der Waals surface area (Å²) in [5.41, 5.74) is 3.61. The Morgan fingerprint density at radius 1 is 1.06 bits per heavy atom. The van der Waals surface area contributed by atoms with Crippen molar-refractivity contribution in [2.45, 2.75) is 25.7 Å². The molecule has 4 N–H and O–H groups in total. The van der Waals surface area contributed by atoms with Crippen molar-refractivity contribution in [2.24, 2.45) is 0 Å². The lowest BCUT2D eigenvalue weighted by Gasteiger charge is -2.30. The number of H-pyrrole nitrogens is 1. The number of amides is 1. The number of aliphatic carboxylic acids is 2. The lowest BCUT2D eigenvalue weighted by atomic mass is 9.89. The van der Waals surface area contributed by atoms with Crippen molar-refractivity contribution in [3.05, 3.63) is 77.8 Å². The number of fused-ring (bicyclic) bond motifs is 1. The number of carboxylic acid groups (broad SMARTS) is 2. The van der Waals surface area contributed by atoms with Crippen LogP contribution in [0.15, 0.2) is 60.8 Å². The summed E-state index contributed by atoms with van der Waals surface area (Å²) in [5, 5.41) is 19.7. The minimum atomic E-state index is -1.26. The van der Waals surface area contributed by atoms with E-state index in [9.17, 15) is 18.8 Å². The quantitative estimate of drug-likeness (QED) is 0.385. The van der Waals surface area contributed by atoms with E-state index in [1.165, 1.54) is 35.2 Å². The second-order valence-corrected chi connectivity index (χ2v) is 8.18. The van der Waals surface area contributed by atoms with Crippen LogP contribution in [0.5, 0.6) is 0 Å². The van der Waals surface area contributed by atoms with E-state index in [0.717, 1.165) is 43.7 Å². The largest absolute Gasteiger partial charge is 0.478 e. The van der Waals surface area contributed by atoms with Gasteiger partial charge < -0.3 is 25.4 Å². The molecule has 0 radical (unpaired) electrons. The maximum Gasteiger partial charge on any atom is 0.328 e. The predicted molar refractivity (Wildman–Crippen MR) is 131 cm³/mol. The number of carboxylic acids is 2. The van der Waals surface area contributed by atoms with Crippen molar-refractivity contribution >= 4 is 34.4 Å². The molecule has 0 aliphatic carbocycles. The van der Waals surface area contributed by atoms with Crippen LogP contribution >= 0.6 is 0 Å². The van der Waals surface area contributed by atoms with Crippen LogP contribution in [0.3, 0.4) is 0 Å². The van der Waals surface area contributed by atoms with Crippen LogP contribution in [-0.2, 0) is 9.59 Å². The van der Waals surface area contributed by atoms with Crippen LogP contribution in [0.2, 0.25) is 0 Å². The summed E-state index contributed by atoms with van der Waals surface area (Å²) in [6, 6.07) is 11.5. The van der Waals surface area contributed by atoms with Gasteiger partial charge in [0.25, 0.3) is 5.91 Å². The predicted octanol–water partition coefficient (Wildman–Crippen LogP) is 4.47. The molecule has 2 aromatic carbocycles. The van der Waals surface area contributed by atoms with Gasteiger partial charge in [0.05, 0.1) is 0 Å². The zero-order valence-electron chi connectivity index (χ0n) is 19.3. The summed E-state index contributed by atoms with van der Waals surface area (Å²) in [4.78, 5) is 37.4. The minimum absolute atomic E-state index is 0.234. The Balaban J connectivity index is 0.000000371. The highest BCUT2D eigenvalue weighted by Gasteiger charge is 2.22. The van der Waals surface area contributed by atoms with E-state index in [4.69, 9.17) is 10.2 Å². The number of hydrogen-bond donors (Lipinski definition) is 4. The Labute approximate surface area is 202 Å². The first kappa shape index (κ1) is 25.6. The number of nitrogens with zero attached hydrogens (tertiary/aromatic N) is 1. The molecule has 0 atom stereocenters. The number of likely N-dealkylation sites (tertiary alicyclic amines) is 1. The highest BCUT2D eigenvalue weighted by molar-refractivity contribution is 6.05. The third kappa shape index (κ3) is 7.25. The molecular formula is C26H28FN3O5. The van der Waals surface area contributed by atoms with Gasteiger partial charge in [0, 0.05) is 40.5 Å². The Morgan fingerprint density at radius 3 is 2.26 bits per heavy atom. The summed E-state index contributed by atoms with van der Waals surface area (Å²) in [6.07, 6.45) is 5.55. The van der Waals surface area contributed by atoms with Crippen LogP contribution in [0.25, 0.3) is 10.9 Å². The Bertz CT molecular complexity index is 1200. The van der Waals surface area contributed by atoms with E-state index in [-0.39, 0.29) is 11.7 Å². The third-order valence-electron chi connectivity index (χ3n) is 5.92. The second-order valence-electron chi connectivity index (χ2n) is 8.18. The van der Waals surface area contributed by atoms with Gasteiger partial charge in [0.1, 0.15) is 5.82 Å². The van der Waals surface area contributed by atoms with Crippen LogP contribution in [0.4, 0.5) is 10.1 Å². The van der Waals surface area contributed by atoms with Gasteiger partial charge in [0.2, 0.25) is 0 Å². The Morgan fingerprint density at radius 2 is 1.69 bits per heavy atom. The fourth-order valence-corrected chi connectivity index (χ4v) is 4.07. The number of carbonyl (C=O) groups is 3. The fourth-order valence-electron chi connectivity index (χ4n) is 4.07. The molecule has 3 aromatic rings. The van der Waals surface area contributed by atoms with Crippen LogP contribution < -0.4 is 5.32 Å². The van der Waals surface area contributed by atoms with E-state index in [2.05, 4.69) is 28.3 Å². The van der Waals surface area contributed by atoms with Crippen molar-refractivity contribution in [1.82, 2.24) is 9.88 Å². The molecule has 1 fully saturated rings. The van der Waals surface area contributed by atoms with Crippen LogP contribution in [0.1, 0.15) is 41.6 Å². The molecule has 4 rings (SSSR count). The number of nitrogens with one attached hydrogen (secondary N) is 2. The summed E-state index contributed by atoms with van der Waals surface area (Å²) in [5.74, 6) is -2.55. The average Bonchev–Trinajstić information content (AvgIpc) is 3.27. The number of aromatic nitrogens is 1. The maximum atomic E-state index is 13.0. The summed E-state index contributed by atoms with van der Waals surface area (Å²) in [7, 11) is 0. The number of halogens is 1. The number of carbonyl (C=O) groups excluding carboxylic acids is 1. The van der Waals surface area contributed by atoms with Gasteiger partial charge >= 0.3 is 11.9 Å². The normalized spacial score (nSPS) is 14.5. The molecule has 1 aliphatic rings. The molecule has 1 aliphatic heterocycles. The Kier molecular flexibility index (Phi) is 8.74. The maximum absolute atomic E-state index is 13.0. The number of hydrogen-bond acceptors (Lipinski definition) is 4. The number of rotatable bonds is 6. The average molecular weight is 482 g/mol. The molecule has 0 spiro atoms. The van der Waals surface area contributed by atoms with Gasteiger partial charge in [-0.3, -0.25) is 4.79 Å². The SMILES string of the molecule is CCN1CCC(c2c[nH]c3ccc(NC(=O)c4ccc(F)cc4)cc23)CC1.O=C(O)/C=C/C(=O)O. The van der Waals surface area contributed by atoms with Gasteiger partial charge in [0.15, 0.2) is 0 Å². The first-order valence-electron chi connectivity index (χ1n) is 11.3. The van der Waals surface area contributed by atoms with E-state index >= 15 is 0 Å². The van der Waals surface area contributed by atoms with Crippen molar-refractivity contribution in [3.8, 4) is 0 Å². The second kappa shape index (κ2) is 11.9. The fraction of sp³-hybridized carbons (Fsp3) is 0.269. The molecule has 184 valence electrons. The number of benzene rings is 2. The highest BCUT2D eigenvalue weighted by atomic mass is 19.1. The van der Waals surface area contributed by atoms with E-state index in [1.54, 1.807) is 0 Å². The summed E-state index contributed by atoms with van der Waals surface area (Å²) < 4.78 is 13.0. The molecule has 2 heterocycles. The number of aromatic amines is 1. The van der Waals surface area contributed by atoms with Gasteiger partial charge in [-0.1, -0.05) is 6.92 Å². The summed E-state index contributed by atoms with van der Waals surface area (Å²) >= 11 is 0. The van der Waals surface area contributed by atoms with Crippen molar-refractivity contribution in [2.75, 3.05) is 25.0 Å². The van der Waals surface area contributed by atoms with E-state index < -0.39 is 11.9 Å². The molecule has 35 heavy (non-hydrogen) atoms.